The zero-order valence-corrected chi connectivity index (χ0v) is 12.0. The number of aryl methyl sites for hydroxylation is 2. The summed E-state index contributed by atoms with van der Waals surface area (Å²) in [5.41, 5.74) is 0.684. The number of aliphatic hydroxyl groups excluding tert-OH is 1. The molecule has 0 aliphatic carbocycles. The number of hydrogen-bond donors (Lipinski definition) is 1. The van der Waals surface area contributed by atoms with Gasteiger partial charge in [-0.05, 0) is 44.6 Å². The summed E-state index contributed by atoms with van der Waals surface area (Å²) < 4.78 is 5.42. The molecule has 2 heterocycles. The summed E-state index contributed by atoms with van der Waals surface area (Å²) in [4.78, 5) is 14.3. The van der Waals surface area contributed by atoms with Crippen molar-refractivity contribution in [3.63, 3.8) is 0 Å². The van der Waals surface area contributed by atoms with Gasteiger partial charge in [-0.15, -0.1) is 0 Å². The molecule has 0 radical (unpaired) electrons. The van der Waals surface area contributed by atoms with Crippen LogP contribution in [0.2, 0.25) is 0 Å². The average Bonchev–Trinajstić information content (AvgIpc) is 2.77. The highest BCUT2D eigenvalue weighted by Gasteiger charge is 2.34. The lowest BCUT2D eigenvalue weighted by molar-refractivity contribution is 0.0337. The van der Waals surface area contributed by atoms with Gasteiger partial charge < -0.3 is 14.4 Å². The highest BCUT2D eigenvalue weighted by Crippen LogP contribution is 2.34. The number of hydrogen-bond acceptors (Lipinski definition) is 3. The van der Waals surface area contributed by atoms with Gasteiger partial charge in [0.2, 0.25) is 0 Å². The Bertz CT molecular complexity index is 450. The van der Waals surface area contributed by atoms with Crippen molar-refractivity contribution in [2.75, 3.05) is 19.7 Å². The molecule has 1 aliphatic heterocycles. The largest absolute Gasteiger partial charge is 0.466 e. The average molecular weight is 265 g/mol. The van der Waals surface area contributed by atoms with Crippen LogP contribution in [0.4, 0.5) is 0 Å². The molecule has 19 heavy (non-hydrogen) atoms. The SMILES string of the molecule is CCC1(CO)CCN(C(=O)c2cc(C)oc2C)CC1. The highest BCUT2D eigenvalue weighted by atomic mass is 16.3. The first-order chi connectivity index (χ1) is 9.01. The molecule has 0 bridgehead atoms. The number of rotatable bonds is 3. The molecule has 1 fully saturated rings. The van der Waals surface area contributed by atoms with E-state index in [2.05, 4.69) is 6.92 Å². The predicted octanol–water partition coefficient (Wildman–Crippen LogP) is 2.52. The number of aliphatic hydroxyl groups is 1. The fourth-order valence-electron chi connectivity index (χ4n) is 2.82. The lowest BCUT2D eigenvalue weighted by atomic mass is 9.77. The van der Waals surface area contributed by atoms with Gasteiger partial charge in [0.05, 0.1) is 5.56 Å². The Labute approximate surface area is 114 Å². The third-order valence-corrected chi connectivity index (χ3v) is 4.47. The Balaban J connectivity index is 2.06. The Morgan fingerprint density at radius 1 is 1.42 bits per heavy atom. The molecule has 1 aliphatic rings. The molecular formula is C15H23NO3. The summed E-state index contributed by atoms with van der Waals surface area (Å²) >= 11 is 0. The van der Waals surface area contributed by atoms with Crippen LogP contribution >= 0.6 is 0 Å². The first kappa shape index (κ1) is 14.1. The van der Waals surface area contributed by atoms with Gasteiger partial charge in [0.15, 0.2) is 0 Å². The number of amides is 1. The van der Waals surface area contributed by atoms with Crippen LogP contribution in [0.25, 0.3) is 0 Å². The third-order valence-electron chi connectivity index (χ3n) is 4.47. The van der Waals surface area contributed by atoms with Crippen molar-refractivity contribution in [1.82, 2.24) is 4.90 Å². The normalized spacial score (nSPS) is 18.6. The number of carbonyl (C=O) groups is 1. The number of furan rings is 1. The molecule has 4 nitrogen and oxygen atoms in total. The Morgan fingerprint density at radius 3 is 2.47 bits per heavy atom. The lowest BCUT2D eigenvalue weighted by Crippen LogP contribution is -2.44. The van der Waals surface area contributed by atoms with E-state index in [1.807, 2.05) is 24.8 Å². The van der Waals surface area contributed by atoms with E-state index in [4.69, 9.17) is 4.42 Å². The van der Waals surface area contributed by atoms with Crippen LogP contribution in [0.15, 0.2) is 10.5 Å². The second kappa shape index (κ2) is 5.37. The van der Waals surface area contributed by atoms with Crippen LogP contribution in [0.5, 0.6) is 0 Å². The van der Waals surface area contributed by atoms with E-state index in [1.54, 1.807) is 0 Å². The van der Waals surface area contributed by atoms with E-state index < -0.39 is 0 Å². The predicted molar refractivity (Wildman–Crippen MR) is 73.1 cm³/mol. The Kier molecular flexibility index (Phi) is 3.99. The molecule has 0 saturated carbocycles. The summed E-state index contributed by atoms with van der Waals surface area (Å²) in [6.45, 7) is 7.45. The minimum Gasteiger partial charge on any atom is -0.466 e. The summed E-state index contributed by atoms with van der Waals surface area (Å²) in [5, 5.41) is 9.51. The monoisotopic (exact) mass is 265 g/mol. The molecule has 1 aromatic rings. The Hall–Kier alpha value is -1.29. The second-order valence-corrected chi connectivity index (χ2v) is 5.63. The first-order valence-electron chi connectivity index (χ1n) is 6.98. The quantitative estimate of drug-likeness (QED) is 0.913. The van der Waals surface area contributed by atoms with Gasteiger partial charge in [-0.1, -0.05) is 6.92 Å². The molecule has 1 amide bonds. The first-order valence-corrected chi connectivity index (χ1v) is 6.98. The summed E-state index contributed by atoms with van der Waals surface area (Å²) in [6, 6.07) is 1.81. The summed E-state index contributed by atoms with van der Waals surface area (Å²) in [5.74, 6) is 1.52. The molecular weight excluding hydrogens is 242 g/mol. The van der Waals surface area contributed by atoms with Crippen LogP contribution in [0.1, 0.15) is 48.1 Å². The lowest BCUT2D eigenvalue weighted by Gasteiger charge is -2.40. The maximum atomic E-state index is 12.4. The van der Waals surface area contributed by atoms with Crippen LogP contribution < -0.4 is 0 Å². The van der Waals surface area contributed by atoms with E-state index in [0.29, 0.717) is 11.3 Å². The fourth-order valence-corrected chi connectivity index (χ4v) is 2.82. The van der Waals surface area contributed by atoms with Crippen molar-refractivity contribution in [1.29, 1.82) is 0 Å². The molecule has 0 unspecified atom stereocenters. The van der Waals surface area contributed by atoms with Crippen molar-refractivity contribution >= 4 is 5.91 Å². The van der Waals surface area contributed by atoms with Gasteiger partial charge in [-0.25, -0.2) is 0 Å². The molecule has 0 aromatic carbocycles. The van der Waals surface area contributed by atoms with Crippen molar-refractivity contribution < 1.29 is 14.3 Å². The minimum atomic E-state index is 0.0120. The smallest absolute Gasteiger partial charge is 0.257 e. The highest BCUT2D eigenvalue weighted by molar-refractivity contribution is 5.95. The van der Waals surface area contributed by atoms with Gasteiger partial charge in [0, 0.05) is 19.7 Å². The zero-order chi connectivity index (χ0) is 14.0. The molecule has 0 atom stereocenters. The molecule has 106 valence electrons. The maximum Gasteiger partial charge on any atom is 0.257 e. The van der Waals surface area contributed by atoms with Crippen LogP contribution in [-0.2, 0) is 0 Å². The van der Waals surface area contributed by atoms with Gasteiger partial charge in [0.25, 0.3) is 5.91 Å². The van der Waals surface area contributed by atoms with Gasteiger partial charge >= 0.3 is 0 Å². The van der Waals surface area contributed by atoms with Crippen molar-refractivity contribution in [3.05, 3.63) is 23.2 Å². The van der Waals surface area contributed by atoms with Gasteiger partial charge in [-0.3, -0.25) is 4.79 Å². The minimum absolute atomic E-state index is 0.0120. The Morgan fingerprint density at radius 2 is 2.05 bits per heavy atom. The molecule has 4 heteroatoms. The molecule has 0 spiro atoms. The number of piperidine rings is 1. The van der Waals surface area contributed by atoms with Crippen LogP contribution in [0.3, 0.4) is 0 Å². The second-order valence-electron chi connectivity index (χ2n) is 5.63. The number of carbonyl (C=O) groups excluding carboxylic acids is 1. The third kappa shape index (κ3) is 2.68. The van der Waals surface area contributed by atoms with E-state index in [0.717, 1.165) is 38.1 Å². The summed E-state index contributed by atoms with van der Waals surface area (Å²) in [7, 11) is 0. The maximum absolute atomic E-state index is 12.4. The standard InChI is InChI=1S/C15H23NO3/c1-4-15(10-17)5-7-16(8-6-15)14(18)13-9-11(2)19-12(13)3/h9,17H,4-8,10H2,1-3H3. The van der Waals surface area contributed by atoms with Crippen LogP contribution in [0, 0.1) is 19.3 Å². The van der Waals surface area contributed by atoms with E-state index in [9.17, 15) is 9.90 Å². The number of nitrogens with zero attached hydrogens (tertiary/aromatic N) is 1. The van der Waals surface area contributed by atoms with Crippen molar-refractivity contribution in [2.24, 2.45) is 5.41 Å². The van der Waals surface area contributed by atoms with E-state index in [-0.39, 0.29) is 17.9 Å². The molecule has 1 aromatic heterocycles. The van der Waals surface area contributed by atoms with Gasteiger partial charge in [-0.2, -0.15) is 0 Å². The summed E-state index contributed by atoms with van der Waals surface area (Å²) in [6.07, 6.45) is 2.72. The zero-order valence-electron chi connectivity index (χ0n) is 12.0. The molecule has 2 rings (SSSR count). The fraction of sp³-hybridized carbons (Fsp3) is 0.667. The topological polar surface area (TPSA) is 53.7 Å². The van der Waals surface area contributed by atoms with Crippen LogP contribution in [-0.4, -0.2) is 35.6 Å². The van der Waals surface area contributed by atoms with E-state index in [1.165, 1.54) is 0 Å². The van der Waals surface area contributed by atoms with Crippen molar-refractivity contribution in [3.8, 4) is 0 Å². The number of likely N-dealkylation sites (tertiary alicyclic amines) is 1. The molecule has 1 saturated heterocycles. The van der Waals surface area contributed by atoms with E-state index >= 15 is 0 Å². The van der Waals surface area contributed by atoms with Gasteiger partial charge in [0.1, 0.15) is 11.5 Å². The van der Waals surface area contributed by atoms with Crippen molar-refractivity contribution in [2.45, 2.75) is 40.0 Å². The molecule has 1 N–H and O–H groups in total.